The van der Waals surface area contributed by atoms with E-state index in [-0.39, 0.29) is 10.8 Å². The van der Waals surface area contributed by atoms with Crippen LogP contribution in [0, 0.1) is 5.41 Å². The third kappa shape index (κ3) is 2.99. The molecule has 0 radical (unpaired) electrons. The summed E-state index contributed by atoms with van der Waals surface area (Å²) in [6, 6.07) is 5.74. The summed E-state index contributed by atoms with van der Waals surface area (Å²) in [6.45, 7) is 4.46. The largest absolute Gasteiger partial charge is 0.118 e. The normalized spacial score (nSPS) is 23.4. The van der Waals surface area contributed by atoms with Crippen molar-refractivity contribution in [1.82, 2.24) is 0 Å². The average Bonchev–Trinajstić information content (AvgIpc) is 2.19. The smallest absolute Gasteiger partial charge is 0.0667 e. The maximum Gasteiger partial charge on any atom is 0.0667 e. The Labute approximate surface area is 118 Å². The minimum atomic E-state index is 0.0730. The lowest BCUT2D eigenvalue weighted by atomic mass is 9.75. The van der Waals surface area contributed by atoms with Gasteiger partial charge in [-0.05, 0) is 35.5 Å². The quantitative estimate of drug-likeness (QED) is 0.573. The Hall–Kier alpha value is -0.170. The molecule has 0 amide bonds. The van der Waals surface area contributed by atoms with Gasteiger partial charge in [-0.1, -0.05) is 55.3 Å². The summed E-state index contributed by atoms with van der Waals surface area (Å²) in [5, 5.41) is 1.30. The van der Waals surface area contributed by atoms with Gasteiger partial charge in [0.1, 0.15) is 0 Å². The molecule has 0 fully saturated rings. The molecule has 1 aliphatic rings. The summed E-state index contributed by atoms with van der Waals surface area (Å²) in [6.07, 6.45) is 4.08. The van der Waals surface area contributed by atoms with Crippen LogP contribution in [0.4, 0.5) is 0 Å². The van der Waals surface area contributed by atoms with Crippen molar-refractivity contribution in [2.45, 2.75) is 32.1 Å². The first-order valence-electron chi connectivity index (χ1n) is 5.68. The average molecular weight is 290 g/mol. The number of alkyl halides is 1. The number of halogens is 3. The second-order valence-electron chi connectivity index (χ2n) is 5.35. The Balaban J connectivity index is 2.43. The van der Waals surface area contributed by atoms with E-state index in [9.17, 15) is 0 Å². The molecule has 1 aromatic carbocycles. The van der Waals surface area contributed by atoms with Crippen molar-refractivity contribution in [3.05, 3.63) is 39.9 Å². The van der Waals surface area contributed by atoms with E-state index < -0.39 is 0 Å². The van der Waals surface area contributed by atoms with E-state index in [4.69, 9.17) is 34.8 Å². The fourth-order valence-electron chi connectivity index (χ4n) is 2.39. The third-order valence-corrected chi connectivity index (χ3v) is 4.20. The van der Waals surface area contributed by atoms with Crippen LogP contribution in [0.5, 0.6) is 0 Å². The van der Waals surface area contributed by atoms with E-state index in [2.05, 4.69) is 19.9 Å². The lowest BCUT2D eigenvalue weighted by Crippen LogP contribution is -2.21. The molecule has 0 spiro atoms. The lowest BCUT2D eigenvalue weighted by molar-refractivity contribution is 0.340. The fraction of sp³-hybridized carbons (Fsp3) is 0.429. The molecule has 0 aromatic heterocycles. The first-order chi connectivity index (χ1) is 7.89. The number of hydrogen-bond donors (Lipinski definition) is 0. The van der Waals surface area contributed by atoms with Gasteiger partial charge in [0.2, 0.25) is 0 Å². The summed E-state index contributed by atoms with van der Waals surface area (Å²) in [4.78, 5) is 0. The van der Waals surface area contributed by atoms with Gasteiger partial charge >= 0.3 is 0 Å². The van der Waals surface area contributed by atoms with E-state index in [1.165, 1.54) is 5.57 Å². The predicted molar refractivity (Wildman–Crippen MR) is 77.1 cm³/mol. The molecule has 1 atom stereocenters. The molecular weight excluding hydrogens is 275 g/mol. The standard InChI is InChI=1S/C14H15Cl3/c1-14(2)7-9(6-10(15)8-14)11-4-3-5-12(16)13(11)17/h3-6,10H,7-8H2,1-2H3. The zero-order chi connectivity index (χ0) is 12.6. The Kier molecular flexibility index (Phi) is 3.77. The molecule has 1 aromatic rings. The molecule has 1 unspecified atom stereocenters. The Morgan fingerprint density at radius 2 is 1.94 bits per heavy atom. The molecule has 3 heteroatoms. The summed E-state index contributed by atoms with van der Waals surface area (Å²) in [5.74, 6) is 0. The molecule has 17 heavy (non-hydrogen) atoms. The van der Waals surface area contributed by atoms with Crippen LogP contribution in [0.2, 0.25) is 10.0 Å². The van der Waals surface area contributed by atoms with E-state index in [1.54, 1.807) is 6.07 Å². The maximum atomic E-state index is 6.29. The minimum Gasteiger partial charge on any atom is -0.118 e. The second-order valence-corrected chi connectivity index (χ2v) is 6.70. The molecule has 0 saturated heterocycles. The summed E-state index contributed by atoms with van der Waals surface area (Å²) in [5.41, 5.74) is 2.42. The highest BCUT2D eigenvalue weighted by Crippen LogP contribution is 2.43. The molecule has 92 valence electrons. The van der Waals surface area contributed by atoms with Crippen LogP contribution >= 0.6 is 34.8 Å². The van der Waals surface area contributed by atoms with Crippen LogP contribution in [-0.2, 0) is 0 Å². The number of rotatable bonds is 1. The van der Waals surface area contributed by atoms with Gasteiger partial charge in [-0.2, -0.15) is 0 Å². The first kappa shape index (κ1) is 13.3. The minimum absolute atomic E-state index is 0.0730. The zero-order valence-electron chi connectivity index (χ0n) is 9.93. The molecular formula is C14H15Cl3. The van der Waals surface area contributed by atoms with Crippen LogP contribution in [0.25, 0.3) is 5.57 Å². The van der Waals surface area contributed by atoms with Gasteiger partial charge in [-0.25, -0.2) is 0 Å². The van der Waals surface area contributed by atoms with Crippen LogP contribution in [0.1, 0.15) is 32.3 Å². The van der Waals surface area contributed by atoms with Crippen molar-refractivity contribution in [2.24, 2.45) is 5.41 Å². The number of hydrogen-bond acceptors (Lipinski definition) is 0. The Bertz CT molecular complexity index is 461. The topological polar surface area (TPSA) is 0 Å². The van der Waals surface area contributed by atoms with Gasteiger partial charge in [0, 0.05) is 0 Å². The highest BCUT2D eigenvalue weighted by molar-refractivity contribution is 6.43. The predicted octanol–water partition coefficient (Wildman–Crippen LogP) is 5.80. The lowest BCUT2D eigenvalue weighted by Gasteiger charge is -2.32. The van der Waals surface area contributed by atoms with E-state index in [0.29, 0.717) is 10.0 Å². The van der Waals surface area contributed by atoms with Crippen LogP contribution in [0.3, 0.4) is 0 Å². The molecule has 0 saturated carbocycles. The van der Waals surface area contributed by atoms with Gasteiger partial charge in [-0.3, -0.25) is 0 Å². The molecule has 0 N–H and O–H groups in total. The molecule has 1 aliphatic carbocycles. The Morgan fingerprint density at radius 1 is 1.24 bits per heavy atom. The van der Waals surface area contributed by atoms with Gasteiger partial charge < -0.3 is 0 Å². The number of allylic oxidation sites excluding steroid dienone is 2. The summed E-state index contributed by atoms with van der Waals surface area (Å²) < 4.78 is 0. The fourth-order valence-corrected chi connectivity index (χ4v) is 3.38. The number of benzene rings is 1. The van der Waals surface area contributed by atoms with Crippen molar-refractivity contribution in [3.63, 3.8) is 0 Å². The van der Waals surface area contributed by atoms with Crippen LogP contribution in [-0.4, -0.2) is 5.38 Å². The third-order valence-electron chi connectivity index (χ3n) is 3.10. The molecule has 0 nitrogen and oxygen atoms in total. The van der Waals surface area contributed by atoms with E-state index >= 15 is 0 Å². The van der Waals surface area contributed by atoms with Gasteiger partial charge in [-0.15, -0.1) is 11.6 Å². The first-order valence-corrected chi connectivity index (χ1v) is 6.87. The van der Waals surface area contributed by atoms with Crippen LogP contribution < -0.4 is 0 Å². The maximum absolute atomic E-state index is 6.29. The van der Waals surface area contributed by atoms with Crippen molar-refractivity contribution < 1.29 is 0 Å². The highest BCUT2D eigenvalue weighted by atomic mass is 35.5. The van der Waals surface area contributed by atoms with Crippen LogP contribution in [0.15, 0.2) is 24.3 Å². The van der Waals surface area contributed by atoms with Crippen molar-refractivity contribution in [3.8, 4) is 0 Å². The molecule has 2 rings (SSSR count). The molecule has 0 aliphatic heterocycles. The molecule has 0 heterocycles. The van der Waals surface area contributed by atoms with Gasteiger partial charge in [0.25, 0.3) is 0 Å². The highest BCUT2D eigenvalue weighted by Gasteiger charge is 2.29. The SMILES string of the molecule is CC1(C)CC(c2cccc(Cl)c2Cl)=CC(Cl)C1. The monoisotopic (exact) mass is 288 g/mol. The van der Waals surface area contributed by atoms with Crippen molar-refractivity contribution in [2.75, 3.05) is 0 Å². The van der Waals surface area contributed by atoms with E-state index in [1.807, 2.05) is 12.1 Å². The second kappa shape index (κ2) is 4.84. The summed E-state index contributed by atoms with van der Waals surface area (Å²) >= 11 is 18.6. The summed E-state index contributed by atoms with van der Waals surface area (Å²) in [7, 11) is 0. The zero-order valence-corrected chi connectivity index (χ0v) is 12.2. The van der Waals surface area contributed by atoms with Crippen molar-refractivity contribution in [1.29, 1.82) is 0 Å². The van der Waals surface area contributed by atoms with Gasteiger partial charge in [0.15, 0.2) is 0 Å². The van der Waals surface area contributed by atoms with Crippen molar-refractivity contribution >= 4 is 40.4 Å². The Morgan fingerprint density at radius 3 is 2.59 bits per heavy atom. The van der Waals surface area contributed by atoms with E-state index in [0.717, 1.165) is 18.4 Å². The van der Waals surface area contributed by atoms with Gasteiger partial charge in [0.05, 0.1) is 15.4 Å². The molecule has 0 bridgehead atoms.